The van der Waals surface area contributed by atoms with Crippen LogP contribution in [0.15, 0.2) is 205 Å². The highest BCUT2D eigenvalue weighted by Gasteiger charge is 2.25. The third kappa shape index (κ3) is 4.86. The number of furan rings is 1. The zero-order valence-corrected chi connectivity index (χ0v) is 33.7. The average Bonchev–Trinajstić information content (AvgIpc) is 4.02. The molecule has 0 atom stereocenters. The molecular formula is C57H33N5O. The molecule has 0 radical (unpaired) electrons. The predicted molar refractivity (Wildman–Crippen MR) is 259 cm³/mol. The normalized spacial score (nSPS) is 12.1. The van der Waals surface area contributed by atoms with E-state index in [4.69, 9.17) is 19.4 Å². The van der Waals surface area contributed by atoms with Crippen LogP contribution in [0.3, 0.4) is 0 Å². The van der Waals surface area contributed by atoms with Crippen LogP contribution in [0, 0.1) is 0 Å². The van der Waals surface area contributed by atoms with Crippen LogP contribution >= 0.6 is 0 Å². The van der Waals surface area contributed by atoms with Crippen molar-refractivity contribution in [1.82, 2.24) is 24.1 Å². The lowest BCUT2D eigenvalue weighted by molar-refractivity contribution is 0.669. The Kier molecular flexibility index (Phi) is 7.02. The van der Waals surface area contributed by atoms with Gasteiger partial charge < -0.3 is 8.98 Å². The molecule has 14 aromatic rings. The lowest BCUT2D eigenvalue weighted by Gasteiger charge is -2.15. The number of benzene rings is 10. The summed E-state index contributed by atoms with van der Waals surface area (Å²) < 4.78 is 11.3. The van der Waals surface area contributed by atoms with Gasteiger partial charge in [-0.25, -0.2) is 4.98 Å². The smallest absolute Gasteiger partial charge is 0.238 e. The van der Waals surface area contributed by atoms with Crippen LogP contribution in [0.5, 0.6) is 0 Å². The van der Waals surface area contributed by atoms with Gasteiger partial charge in [0.2, 0.25) is 5.95 Å². The Morgan fingerprint density at radius 2 is 0.841 bits per heavy atom. The van der Waals surface area contributed by atoms with Crippen molar-refractivity contribution in [3.05, 3.63) is 200 Å². The first-order valence-corrected chi connectivity index (χ1v) is 21.3. The molecule has 63 heavy (non-hydrogen) atoms. The highest BCUT2D eigenvalue weighted by Crippen LogP contribution is 2.44. The molecule has 6 heteroatoms. The molecule has 0 amide bonds. The van der Waals surface area contributed by atoms with Gasteiger partial charge in [0.15, 0.2) is 11.6 Å². The zero-order valence-electron chi connectivity index (χ0n) is 33.7. The van der Waals surface area contributed by atoms with Crippen molar-refractivity contribution in [1.29, 1.82) is 0 Å². The minimum atomic E-state index is 0.526. The van der Waals surface area contributed by atoms with Gasteiger partial charge in [0.25, 0.3) is 0 Å². The summed E-state index contributed by atoms with van der Waals surface area (Å²) in [5.74, 6) is 1.64. The number of para-hydroxylation sites is 4. The number of hydrogen-bond donors (Lipinski definition) is 0. The van der Waals surface area contributed by atoms with E-state index in [9.17, 15) is 0 Å². The van der Waals surface area contributed by atoms with E-state index in [1.54, 1.807) is 0 Å². The Morgan fingerprint density at radius 3 is 1.54 bits per heavy atom. The van der Waals surface area contributed by atoms with Crippen LogP contribution < -0.4 is 0 Å². The molecule has 6 nitrogen and oxygen atoms in total. The van der Waals surface area contributed by atoms with Crippen molar-refractivity contribution < 1.29 is 4.42 Å². The highest BCUT2D eigenvalue weighted by atomic mass is 16.3. The molecule has 0 saturated carbocycles. The molecule has 292 valence electrons. The molecule has 0 aliphatic carbocycles. The first kappa shape index (κ1) is 34.1. The molecule has 0 bridgehead atoms. The van der Waals surface area contributed by atoms with Crippen molar-refractivity contribution in [2.24, 2.45) is 0 Å². The maximum atomic E-state index is 6.58. The second kappa shape index (κ2) is 12.9. The standard InChI is InChI=1S/C57H33N5O/c1-2-15-34(16-3-1)55-58-56(47-25-14-24-46-43-23-10-13-28-51(43)63-54(46)47)60-57(59-55)62-50-27-12-9-22-42(50)45-32-31-44-41-21-8-11-26-49(41)61(52(44)53(45)62)35-29-30-40-38-19-5-4-17-36(38)37-18-6-7-20-39(37)48(40)33-35/h1-33H. The average molecular weight is 804 g/mol. The van der Waals surface area contributed by atoms with Crippen molar-refractivity contribution in [2.75, 3.05) is 0 Å². The molecule has 0 aliphatic rings. The monoisotopic (exact) mass is 803 g/mol. The van der Waals surface area contributed by atoms with Crippen molar-refractivity contribution in [2.45, 2.75) is 0 Å². The van der Waals surface area contributed by atoms with Gasteiger partial charge in [-0.2, -0.15) is 9.97 Å². The van der Waals surface area contributed by atoms with Crippen LogP contribution in [0.2, 0.25) is 0 Å². The molecule has 0 aliphatic heterocycles. The van der Waals surface area contributed by atoms with E-state index in [1.165, 1.54) is 37.7 Å². The first-order chi connectivity index (χ1) is 31.3. The molecule has 0 N–H and O–H groups in total. The molecular weight excluding hydrogens is 771 g/mol. The Labute approximate surface area is 359 Å². The Hall–Kier alpha value is -8.61. The SMILES string of the molecule is c1ccc(-c2nc(-c3cccc4c3oc3ccccc34)nc(-n3c4ccccc4c4ccc5c6ccccc6n(-c6ccc7c8ccccc8c8ccccc8c7c6)c5c43)n2)cc1. The summed E-state index contributed by atoms with van der Waals surface area (Å²) in [6.45, 7) is 0. The van der Waals surface area contributed by atoms with Crippen LogP contribution in [0.4, 0.5) is 0 Å². The Bertz CT molecular complexity index is 4180. The summed E-state index contributed by atoms with van der Waals surface area (Å²) in [7, 11) is 0. The lowest BCUT2D eigenvalue weighted by atomic mass is 9.94. The molecule has 0 spiro atoms. The fourth-order valence-electron chi connectivity index (χ4n) is 10.2. The van der Waals surface area contributed by atoms with Crippen LogP contribution in [-0.2, 0) is 0 Å². The van der Waals surface area contributed by atoms with E-state index >= 15 is 0 Å². The summed E-state index contributed by atoms with van der Waals surface area (Å²) in [5, 5.41) is 14.1. The Balaban J connectivity index is 1.12. The van der Waals surface area contributed by atoms with Crippen molar-refractivity contribution in [3.8, 4) is 34.4 Å². The van der Waals surface area contributed by atoms with E-state index in [2.05, 4.69) is 167 Å². The number of rotatable bonds is 4. The summed E-state index contributed by atoms with van der Waals surface area (Å²) in [6.07, 6.45) is 0. The van der Waals surface area contributed by atoms with E-state index in [-0.39, 0.29) is 0 Å². The predicted octanol–water partition coefficient (Wildman–Crippen LogP) is 14.8. The number of fused-ring (bicyclic) bond motifs is 16. The van der Waals surface area contributed by atoms with E-state index in [1.807, 2.05) is 42.5 Å². The summed E-state index contributed by atoms with van der Waals surface area (Å²) >= 11 is 0. The van der Waals surface area contributed by atoms with Gasteiger partial charge in [-0.15, -0.1) is 0 Å². The van der Waals surface area contributed by atoms with Gasteiger partial charge in [0.1, 0.15) is 11.2 Å². The molecule has 0 unspecified atom stereocenters. The molecule has 14 rings (SSSR count). The van der Waals surface area contributed by atoms with Gasteiger partial charge >= 0.3 is 0 Å². The zero-order chi connectivity index (χ0) is 41.2. The summed E-state index contributed by atoms with van der Waals surface area (Å²) in [6, 6.07) is 70.9. The fraction of sp³-hybridized carbons (Fsp3) is 0. The van der Waals surface area contributed by atoms with Gasteiger partial charge in [-0.1, -0.05) is 164 Å². The second-order valence-corrected chi connectivity index (χ2v) is 16.3. The summed E-state index contributed by atoms with van der Waals surface area (Å²) in [5.41, 5.74) is 8.58. The number of aromatic nitrogens is 5. The molecule has 4 aromatic heterocycles. The van der Waals surface area contributed by atoms with Gasteiger partial charge in [0.05, 0.1) is 27.6 Å². The fourth-order valence-corrected chi connectivity index (χ4v) is 10.2. The molecule has 4 heterocycles. The Morgan fingerprint density at radius 1 is 0.333 bits per heavy atom. The minimum absolute atomic E-state index is 0.526. The second-order valence-electron chi connectivity index (χ2n) is 16.3. The maximum Gasteiger partial charge on any atom is 0.238 e. The van der Waals surface area contributed by atoms with Crippen molar-refractivity contribution in [3.63, 3.8) is 0 Å². The highest BCUT2D eigenvalue weighted by molar-refractivity contribution is 6.27. The quantitative estimate of drug-likeness (QED) is 0.166. The van der Waals surface area contributed by atoms with Crippen LogP contribution in [-0.4, -0.2) is 24.1 Å². The third-order valence-corrected chi connectivity index (χ3v) is 13.0. The van der Waals surface area contributed by atoms with Crippen LogP contribution in [0.1, 0.15) is 0 Å². The van der Waals surface area contributed by atoms with E-state index in [0.29, 0.717) is 17.6 Å². The largest absolute Gasteiger partial charge is 0.455 e. The topological polar surface area (TPSA) is 61.7 Å². The number of hydrogen-bond acceptors (Lipinski definition) is 4. The van der Waals surface area contributed by atoms with E-state index in [0.717, 1.165) is 77.0 Å². The minimum Gasteiger partial charge on any atom is -0.455 e. The molecule has 10 aromatic carbocycles. The first-order valence-electron chi connectivity index (χ1n) is 21.3. The number of nitrogens with zero attached hydrogens (tertiary/aromatic N) is 5. The molecule has 0 saturated heterocycles. The van der Waals surface area contributed by atoms with Gasteiger partial charge in [-0.3, -0.25) is 4.57 Å². The van der Waals surface area contributed by atoms with Crippen molar-refractivity contribution >= 4 is 97.9 Å². The van der Waals surface area contributed by atoms with Crippen LogP contribution in [0.25, 0.3) is 132 Å². The summed E-state index contributed by atoms with van der Waals surface area (Å²) in [4.78, 5) is 16.0. The lowest BCUT2D eigenvalue weighted by Crippen LogP contribution is -2.07. The maximum absolute atomic E-state index is 6.58. The van der Waals surface area contributed by atoms with E-state index < -0.39 is 0 Å². The third-order valence-electron chi connectivity index (χ3n) is 13.0. The van der Waals surface area contributed by atoms with Gasteiger partial charge in [0, 0.05) is 43.6 Å². The molecule has 0 fully saturated rings. The van der Waals surface area contributed by atoms with Gasteiger partial charge in [-0.05, 0) is 68.7 Å².